The van der Waals surface area contributed by atoms with Crippen LogP contribution in [0.5, 0.6) is 0 Å². The highest BCUT2D eigenvalue weighted by Crippen LogP contribution is 2.28. The van der Waals surface area contributed by atoms with E-state index in [1.807, 2.05) is 0 Å². The third-order valence-corrected chi connectivity index (χ3v) is 4.64. The van der Waals surface area contributed by atoms with E-state index in [1.54, 1.807) is 0 Å². The Bertz CT molecular complexity index is 588. The van der Waals surface area contributed by atoms with Gasteiger partial charge in [-0.3, -0.25) is 10.1 Å². The minimum absolute atomic E-state index is 0.102. The molecule has 1 unspecified atom stereocenters. The molecule has 0 aliphatic heterocycles. The van der Waals surface area contributed by atoms with E-state index in [1.165, 1.54) is 14.0 Å². The Morgan fingerprint density at radius 3 is 2.53 bits per heavy atom. The molecule has 106 valence electrons. The molecular formula is C10H13ClN2O5S. The summed E-state index contributed by atoms with van der Waals surface area (Å²) in [5.41, 5.74) is -0.290. The Balaban J connectivity index is 3.19. The maximum absolute atomic E-state index is 12.1. The Hall–Kier alpha value is -1.22. The quantitative estimate of drug-likeness (QED) is 0.651. The van der Waals surface area contributed by atoms with E-state index in [0.717, 1.165) is 22.5 Å². The summed E-state index contributed by atoms with van der Waals surface area (Å²) in [6.07, 6.45) is -0.836. The van der Waals surface area contributed by atoms with Gasteiger partial charge in [0.15, 0.2) is 0 Å². The molecule has 0 fully saturated rings. The number of hydrogen-bond donors (Lipinski definition) is 1. The minimum atomic E-state index is -3.89. The molecule has 1 rings (SSSR count). The van der Waals surface area contributed by atoms with Crippen molar-refractivity contribution in [3.05, 3.63) is 33.3 Å². The molecule has 9 heteroatoms. The van der Waals surface area contributed by atoms with Crippen LogP contribution in [-0.4, -0.2) is 42.4 Å². The number of rotatable bonds is 5. The molecule has 1 aromatic carbocycles. The summed E-state index contributed by atoms with van der Waals surface area (Å²) in [4.78, 5) is 9.65. The summed E-state index contributed by atoms with van der Waals surface area (Å²) in [7, 11) is -2.60. The monoisotopic (exact) mass is 308 g/mol. The summed E-state index contributed by atoms with van der Waals surface area (Å²) >= 11 is 5.77. The Kier molecular flexibility index (Phi) is 4.86. The molecule has 7 nitrogen and oxygen atoms in total. The lowest BCUT2D eigenvalue weighted by Crippen LogP contribution is -2.33. The predicted molar refractivity (Wildman–Crippen MR) is 69.6 cm³/mol. The van der Waals surface area contributed by atoms with Gasteiger partial charge in [-0.25, -0.2) is 8.42 Å². The van der Waals surface area contributed by atoms with Gasteiger partial charge in [0.05, 0.1) is 16.0 Å². The van der Waals surface area contributed by atoms with Gasteiger partial charge in [-0.15, -0.1) is 0 Å². The normalized spacial score (nSPS) is 13.5. The van der Waals surface area contributed by atoms with Crippen molar-refractivity contribution >= 4 is 27.3 Å². The van der Waals surface area contributed by atoms with Gasteiger partial charge in [0.1, 0.15) is 4.90 Å². The summed E-state index contributed by atoms with van der Waals surface area (Å²) in [5.74, 6) is 0. The largest absolute Gasteiger partial charge is 0.392 e. The summed E-state index contributed by atoms with van der Waals surface area (Å²) in [6.45, 7) is 1.35. The molecule has 0 aliphatic carbocycles. The highest BCUT2D eigenvalue weighted by Gasteiger charge is 2.25. The molecular weight excluding hydrogens is 296 g/mol. The first kappa shape index (κ1) is 15.8. The summed E-state index contributed by atoms with van der Waals surface area (Å²) in [6, 6.07) is 3.12. The Labute approximate surface area is 115 Å². The number of non-ortho nitro benzene ring substituents is 1. The van der Waals surface area contributed by atoms with E-state index in [2.05, 4.69) is 0 Å². The highest BCUT2D eigenvalue weighted by molar-refractivity contribution is 7.89. The predicted octanol–water partition coefficient (Wildman–Crippen LogP) is 1.25. The molecule has 1 N–H and O–H groups in total. The lowest BCUT2D eigenvalue weighted by molar-refractivity contribution is -0.384. The fourth-order valence-electron chi connectivity index (χ4n) is 1.45. The van der Waals surface area contributed by atoms with Crippen molar-refractivity contribution in [3.8, 4) is 0 Å². The van der Waals surface area contributed by atoms with Crippen LogP contribution in [0.15, 0.2) is 23.1 Å². The van der Waals surface area contributed by atoms with E-state index in [-0.39, 0.29) is 22.2 Å². The van der Waals surface area contributed by atoms with E-state index in [0.29, 0.717) is 0 Å². The number of aliphatic hydroxyl groups is 1. The Morgan fingerprint density at radius 1 is 1.53 bits per heavy atom. The molecule has 1 aromatic rings. The van der Waals surface area contributed by atoms with Crippen LogP contribution in [0.1, 0.15) is 6.92 Å². The first-order valence-electron chi connectivity index (χ1n) is 5.24. The number of hydrogen-bond acceptors (Lipinski definition) is 5. The number of nitrogens with zero attached hydrogens (tertiary/aromatic N) is 2. The first-order valence-corrected chi connectivity index (χ1v) is 7.06. The van der Waals surface area contributed by atoms with Crippen LogP contribution in [0.2, 0.25) is 5.02 Å². The van der Waals surface area contributed by atoms with Gasteiger partial charge in [-0.1, -0.05) is 11.6 Å². The molecule has 0 radical (unpaired) electrons. The van der Waals surface area contributed by atoms with E-state index in [4.69, 9.17) is 11.6 Å². The second-order valence-corrected chi connectivity index (χ2v) is 6.43. The molecule has 0 bridgehead atoms. The van der Waals surface area contributed by atoms with Crippen molar-refractivity contribution in [2.75, 3.05) is 13.6 Å². The lowest BCUT2D eigenvalue weighted by Gasteiger charge is -2.19. The molecule has 0 saturated heterocycles. The number of aliphatic hydroxyl groups excluding tert-OH is 1. The second kappa shape index (κ2) is 5.83. The van der Waals surface area contributed by atoms with E-state index in [9.17, 15) is 23.6 Å². The van der Waals surface area contributed by atoms with Crippen molar-refractivity contribution in [3.63, 3.8) is 0 Å². The molecule has 0 spiro atoms. The average Bonchev–Trinajstić information content (AvgIpc) is 2.27. The zero-order chi connectivity index (χ0) is 14.8. The maximum atomic E-state index is 12.1. The summed E-state index contributed by atoms with van der Waals surface area (Å²) in [5, 5.41) is 19.5. The van der Waals surface area contributed by atoms with Gasteiger partial charge in [-0.2, -0.15) is 4.31 Å². The van der Waals surface area contributed by atoms with Crippen molar-refractivity contribution in [2.24, 2.45) is 0 Å². The zero-order valence-electron chi connectivity index (χ0n) is 10.3. The van der Waals surface area contributed by atoms with E-state index >= 15 is 0 Å². The Morgan fingerprint density at radius 2 is 2.11 bits per heavy atom. The molecule has 19 heavy (non-hydrogen) atoms. The van der Waals surface area contributed by atoms with Crippen molar-refractivity contribution in [1.82, 2.24) is 4.31 Å². The standard InChI is InChI=1S/C10H13ClN2O5S/c1-7(14)6-12(2)19(17,18)10-4-3-8(13(15)16)5-9(10)11/h3-5,7,14H,6H2,1-2H3. The average molecular weight is 309 g/mol. The number of nitro groups is 1. The van der Waals surface area contributed by atoms with Crippen molar-refractivity contribution in [2.45, 2.75) is 17.9 Å². The third kappa shape index (κ3) is 3.63. The van der Waals surface area contributed by atoms with Crippen LogP contribution in [0, 0.1) is 10.1 Å². The number of halogens is 1. The maximum Gasteiger partial charge on any atom is 0.271 e. The first-order chi connectivity index (χ1) is 8.66. The lowest BCUT2D eigenvalue weighted by atomic mass is 10.3. The van der Waals surface area contributed by atoms with Crippen LogP contribution in [0.4, 0.5) is 5.69 Å². The summed E-state index contributed by atoms with van der Waals surface area (Å²) < 4.78 is 25.2. The van der Waals surface area contributed by atoms with Crippen molar-refractivity contribution in [1.29, 1.82) is 0 Å². The fourth-order valence-corrected chi connectivity index (χ4v) is 3.21. The van der Waals surface area contributed by atoms with Gasteiger partial charge in [-0.05, 0) is 13.0 Å². The molecule has 0 saturated carbocycles. The SMILES string of the molecule is CC(O)CN(C)S(=O)(=O)c1ccc([N+](=O)[O-])cc1Cl. The number of benzene rings is 1. The molecule has 0 aromatic heterocycles. The van der Waals surface area contributed by atoms with Gasteiger partial charge in [0, 0.05) is 25.7 Å². The van der Waals surface area contributed by atoms with Gasteiger partial charge in [0.2, 0.25) is 10.0 Å². The number of nitro benzene ring substituents is 1. The van der Waals surface area contributed by atoms with Crippen LogP contribution >= 0.6 is 11.6 Å². The second-order valence-electron chi connectivity index (χ2n) is 4.01. The van der Waals surface area contributed by atoms with Gasteiger partial charge in [0.25, 0.3) is 5.69 Å². The van der Waals surface area contributed by atoms with Gasteiger partial charge >= 0.3 is 0 Å². The smallest absolute Gasteiger partial charge is 0.271 e. The molecule has 0 amide bonds. The highest BCUT2D eigenvalue weighted by atomic mass is 35.5. The van der Waals surface area contributed by atoms with E-state index < -0.39 is 21.1 Å². The molecule has 0 heterocycles. The fraction of sp³-hybridized carbons (Fsp3) is 0.400. The molecule has 1 atom stereocenters. The zero-order valence-corrected chi connectivity index (χ0v) is 11.8. The van der Waals surface area contributed by atoms with Gasteiger partial charge < -0.3 is 5.11 Å². The topological polar surface area (TPSA) is 101 Å². The number of sulfonamides is 1. The van der Waals surface area contributed by atoms with Crippen LogP contribution in [-0.2, 0) is 10.0 Å². The van der Waals surface area contributed by atoms with Crippen LogP contribution < -0.4 is 0 Å². The van der Waals surface area contributed by atoms with Crippen LogP contribution in [0.25, 0.3) is 0 Å². The number of likely N-dealkylation sites (N-methyl/N-ethyl adjacent to an activating group) is 1. The third-order valence-electron chi connectivity index (χ3n) is 2.34. The van der Waals surface area contributed by atoms with Crippen LogP contribution in [0.3, 0.4) is 0 Å². The molecule has 0 aliphatic rings. The van der Waals surface area contributed by atoms with Crippen molar-refractivity contribution < 1.29 is 18.4 Å². The minimum Gasteiger partial charge on any atom is -0.392 e.